The molecule has 3 aliphatic carbocycles. The summed E-state index contributed by atoms with van der Waals surface area (Å²) >= 11 is 0. The maximum absolute atomic E-state index is 13.7. The fourth-order valence-corrected chi connectivity index (χ4v) is 9.16. The number of nitrogens with zero attached hydrogens (tertiary/aromatic N) is 1. The number of nitrogens with one attached hydrogen (secondary N) is 1. The van der Waals surface area contributed by atoms with Crippen LogP contribution in [0, 0.1) is 35.0 Å². The van der Waals surface area contributed by atoms with Crippen molar-refractivity contribution in [3.63, 3.8) is 0 Å². The topological polar surface area (TPSA) is 49.4 Å². The van der Waals surface area contributed by atoms with Gasteiger partial charge in [-0.1, -0.05) is 80.6 Å². The Morgan fingerprint density at radius 3 is 2.24 bits per heavy atom. The zero-order valence-electron chi connectivity index (χ0n) is 23.1. The number of likely N-dealkylation sites (tertiary alicyclic amines) is 1. The second kappa shape index (κ2) is 9.79. The highest BCUT2D eigenvalue weighted by Gasteiger charge is 2.60. The van der Waals surface area contributed by atoms with Gasteiger partial charge in [-0.2, -0.15) is 0 Å². The van der Waals surface area contributed by atoms with E-state index in [1.165, 1.54) is 19.3 Å². The first-order chi connectivity index (χ1) is 18.3. The van der Waals surface area contributed by atoms with Gasteiger partial charge in [0.25, 0.3) is 0 Å². The van der Waals surface area contributed by atoms with Crippen molar-refractivity contribution in [3.05, 3.63) is 83.9 Å². The fourth-order valence-electron chi connectivity index (χ4n) is 9.16. The largest absolute Gasteiger partial charge is 0.342 e. The van der Waals surface area contributed by atoms with Crippen molar-refractivity contribution in [2.24, 2.45) is 35.0 Å². The number of rotatable bonds is 5. The monoisotopic (exact) mass is 510 g/mol. The second-order valence-corrected chi connectivity index (χ2v) is 12.9. The number of carbonyl (C=O) groups is 2. The summed E-state index contributed by atoms with van der Waals surface area (Å²) in [4.78, 5) is 28.7. The molecule has 4 nitrogen and oxygen atoms in total. The molecule has 0 spiro atoms. The van der Waals surface area contributed by atoms with Crippen molar-refractivity contribution >= 4 is 11.7 Å². The first-order valence-corrected chi connectivity index (χ1v) is 14.7. The Labute approximate surface area is 227 Å². The van der Waals surface area contributed by atoms with E-state index in [1.807, 2.05) is 42.5 Å². The van der Waals surface area contributed by atoms with E-state index in [2.05, 4.69) is 61.3 Å². The summed E-state index contributed by atoms with van der Waals surface area (Å²) in [7, 11) is 0. The average Bonchev–Trinajstić information content (AvgIpc) is 3.27. The van der Waals surface area contributed by atoms with Crippen LogP contribution in [0.15, 0.2) is 72.8 Å². The molecule has 1 N–H and O–H groups in total. The predicted octanol–water partition coefficient (Wildman–Crippen LogP) is 6.19. The molecule has 7 atom stereocenters. The quantitative estimate of drug-likeness (QED) is 0.522. The summed E-state index contributed by atoms with van der Waals surface area (Å²) in [6, 6.07) is 20.3. The number of hydrogen-bond donors (Lipinski definition) is 1. The molecule has 1 amide bonds. The van der Waals surface area contributed by atoms with Gasteiger partial charge in [0.05, 0.1) is 12.6 Å². The normalized spacial score (nSPS) is 36.4. The molecule has 2 unspecified atom stereocenters. The molecule has 200 valence electrons. The van der Waals surface area contributed by atoms with E-state index < -0.39 is 0 Å². The molecule has 2 saturated carbocycles. The predicted molar refractivity (Wildman–Crippen MR) is 151 cm³/mol. The standard InChI is InChI=1S/C34H42N2O2/c1-23-27-15-14-26-28(33(27,2)19-17-30(23)37)16-20-34(3)29(26)18-21-36(34)22-35-32(38)31(24-10-6-4-7-11-24)25-12-8-5-9-13-25/h4-13,17,19,23,26-29,31H,14-16,18,20-22H2,1-3H3,(H,35,38)/t23?,26-,27?,28-,29+,33+,34+/m1/s1. The number of carbonyl (C=O) groups excluding carboxylic acids is 2. The summed E-state index contributed by atoms with van der Waals surface area (Å²) in [5, 5.41) is 3.35. The maximum atomic E-state index is 13.7. The van der Waals surface area contributed by atoms with Crippen LogP contribution in [0.25, 0.3) is 0 Å². The van der Waals surface area contributed by atoms with Gasteiger partial charge in [-0.3, -0.25) is 14.5 Å². The van der Waals surface area contributed by atoms with Crippen LogP contribution in [0.3, 0.4) is 0 Å². The van der Waals surface area contributed by atoms with Crippen molar-refractivity contribution < 1.29 is 9.59 Å². The zero-order valence-corrected chi connectivity index (χ0v) is 23.1. The molecular weight excluding hydrogens is 468 g/mol. The van der Waals surface area contributed by atoms with Gasteiger partial charge in [0.15, 0.2) is 5.78 Å². The minimum Gasteiger partial charge on any atom is -0.342 e. The highest BCUT2D eigenvalue weighted by molar-refractivity contribution is 5.93. The van der Waals surface area contributed by atoms with Crippen LogP contribution in [0.5, 0.6) is 0 Å². The second-order valence-electron chi connectivity index (χ2n) is 12.9. The lowest BCUT2D eigenvalue weighted by Crippen LogP contribution is -2.59. The van der Waals surface area contributed by atoms with Gasteiger partial charge in [-0.05, 0) is 85.3 Å². The van der Waals surface area contributed by atoms with Crippen molar-refractivity contribution in [1.29, 1.82) is 0 Å². The van der Waals surface area contributed by atoms with Gasteiger partial charge in [0, 0.05) is 18.0 Å². The smallest absolute Gasteiger partial charge is 0.233 e. The van der Waals surface area contributed by atoms with Gasteiger partial charge in [0.2, 0.25) is 5.91 Å². The van der Waals surface area contributed by atoms with Gasteiger partial charge in [-0.15, -0.1) is 0 Å². The molecule has 38 heavy (non-hydrogen) atoms. The highest BCUT2D eigenvalue weighted by Crippen LogP contribution is 2.63. The summed E-state index contributed by atoms with van der Waals surface area (Å²) in [5.41, 5.74) is 2.31. The Balaban J connectivity index is 1.18. The van der Waals surface area contributed by atoms with E-state index in [-0.39, 0.29) is 28.7 Å². The lowest BCUT2D eigenvalue weighted by atomic mass is 9.46. The van der Waals surface area contributed by atoms with Crippen LogP contribution in [0.1, 0.15) is 69.9 Å². The Bertz CT molecular complexity index is 1170. The molecule has 2 aromatic rings. The SMILES string of the molecule is CC1C(=O)C=C[C@@]2(C)C1CC[C@@H]1[C@H]2CC[C@@]2(C)[C@H]1CCN2CNC(=O)C(c1ccccc1)c1ccccc1. The number of allylic oxidation sites excluding steroid dienone is 2. The summed E-state index contributed by atoms with van der Waals surface area (Å²) in [5.74, 6) is 2.71. The number of ketones is 1. The number of fused-ring (bicyclic) bond motifs is 5. The van der Waals surface area contributed by atoms with Crippen molar-refractivity contribution in [1.82, 2.24) is 10.2 Å². The van der Waals surface area contributed by atoms with Crippen LogP contribution < -0.4 is 5.32 Å². The van der Waals surface area contributed by atoms with E-state index in [1.54, 1.807) is 0 Å². The van der Waals surface area contributed by atoms with Gasteiger partial charge in [0.1, 0.15) is 0 Å². The average molecular weight is 511 g/mol. The third-order valence-corrected chi connectivity index (χ3v) is 11.3. The van der Waals surface area contributed by atoms with Crippen LogP contribution in [-0.2, 0) is 9.59 Å². The number of hydrogen-bond acceptors (Lipinski definition) is 3. The molecule has 0 bridgehead atoms. The lowest BCUT2D eigenvalue weighted by Gasteiger charge is -2.60. The van der Waals surface area contributed by atoms with E-state index in [4.69, 9.17) is 0 Å². The van der Waals surface area contributed by atoms with Crippen molar-refractivity contribution in [2.45, 2.75) is 64.3 Å². The molecule has 1 saturated heterocycles. The Hall–Kier alpha value is -2.72. The van der Waals surface area contributed by atoms with E-state index in [0.29, 0.717) is 36.1 Å². The first kappa shape index (κ1) is 25.6. The van der Waals surface area contributed by atoms with Crippen molar-refractivity contribution in [2.75, 3.05) is 13.2 Å². The van der Waals surface area contributed by atoms with E-state index >= 15 is 0 Å². The molecule has 4 aliphatic rings. The molecule has 3 fully saturated rings. The Kier molecular flexibility index (Phi) is 6.58. The molecule has 1 aliphatic heterocycles. The van der Waals surface area contributed by atoms with E-state index in [9.17, 15) is 9.59 Å². The minimum atomic E-state index is -0.308. The van der Waals surface area contributed by atoms with Crippen LogP contribution in [0.2, 0.25) is 0 Å². The van der Waals surface area contributed by atoms with Gasteiger partial charge < -0.3 is 5.32 Å². The molecule has 6 rings (SSSR count). The fraction of sp³-hybridized carbons (Fsp3) is 0.529. The first-order valence-electron chi connectivity index (χ1n) is 14.7. The number of amides is 1. The van der Waals surface area contributed by atoms with Crippen LogP contribution >= 0.6 is 0 Å². The summed E-state index contributed by atoms with van der Waals surface area (Å²) in [6.07, 6.45) is 10.1. The Morgan fingerprint density at radius 1 is 0.921 bits per heavy atom. The highest BCUT2D eigenvalue weighted by atomic mass is 16.2. The third kappa shape index (κ3) is 4.07. The van der Waals surface area contributed by atoms with Gasteiger partial charge >= 0.3 is 0 Å². The summed E-state index contributed by atoms with van der Waals surface area (Å²) in [6.45, 7) is 8.69. The van der Waals surface area contributed by atoms with E-state index in [0.717, 1.165) is 30.5 Å². The third-order valence-electron chi connectivity index (χ3n) is 11.3. The van der Waals surface area contributed by atoms with Gasteiger partial charge in [-0.25, -0.2) is 0 Å². The minimum absolute atomic E-state index is 0.0714. The zero-order chi connectivity index (χ0) is 26.5. The van der Waals surface area contributed by atoms with Crippen LogP contribution in [0.4, 0.5) is 0 Å². The molecule has 1 heterocycles. The lowest BCUT2D eigenvalue weighted by molar-refractivity contribution is -0.129. The van der Waals surface area contributed by atoms with Crippen LogP contribution in [-0.4, -0.2) is 35.3 Å². The molecule has 2 aromatic carbocycles. The maximum Gasteiger partial charge on any atom is 0.233 e. The molecule has 4 heteroatoms. The number of benzene rings is 2. The van der Waals surface area contributed by atoms with Crippen molar-refractivity contribution in [3.8, 4) is 0 Å². The molecular formula is C34H42N2O2. The summed E-state index contributed by atoms with van der Waals surface area (Å²) < 4.78 is 0. The Morgan fingerprint density at radius 2 is 1.58 bits per heavy atom. The molecule has 0 radical (unpaired) electrons. The molecule has 0 aromatic heterocycles.